The fourth-order valence-electron chi connectivity index (χ4n) is 5.01. The third-order valence-electron chi connectivity index (χ3n) is 6.20. The van der Waals surface area contributed by atoms with Crippen LogP contribution in [-0.2, 0) is 11.3 Å². The first-order valence-electron chi connectivity index (χ1n) is 11.1. The van der Waals surface area contributed by atoms with Crippen molar-refractivity contribution >= 4 is 5.91 Å². The standard InChI is InChI=1S/C23H39N5O/c1-23(2,18-26(3)4)25-22(29)20-8-6-12-28(17-20)21-9-13-27(14-10-21)16-19-7-5-11-24-15-19/h5,7,11,15,20-21H,6,8-10,12-14,16-18H2,1-4H3,(H,25,29). The van der Waals surface area contributed by atoms with Gasteiger partial charge in [0.25, 0.3) is 0 Å². The maximum Gasteiger partial charge on any atom is 0.224 e. The molecule has 0 spiro atoms. The van der Waals surface area contributed by atoms with Gasteiger partial charge in [0.15, 0.2) is 0 Å². The van der Waals surface area contributed by atoms with Crippen LogP contribution in [-0.4, -0.2) is 84.0 Å². The van der Waals surface area contributed by atoms with Crippen molar-refractivity contribution in [2.24, 2.45) is 5.92 Å². The Balaban J connectivity index is 1.46. The summed E-state index contributed by atoms with van der Waals surface area (Å²) < 4.78 is 0. The minimum Gasteiger partial charge on any atom is -0.350 e. The van der Waals surface area contributed by atoms with E-state index in [-0.39, 0.29) is 17.4 Å². The number of nitrogens with one attached hydrogen (secondary N) is 1. The zero-order valence-corrected chi connectivity index (χ0v) is 18.7. The van der Waals surface area contributed by atoms with E-state index in [9.17, 15) is 4.79 Å². The Hall–Kier alpha value is -1.50. The van der Waals surface area contributed by atoms with Crippen molar-refractivity contribution in [3.05, 3.63) is 30.1 Å². The molecular weight excluding hydrogens is 362 g/mol. The molecule has 1 amide bonds. The maximum absolute atomic E-state index is 12.9. The topological polar surface area (TPSA) is 51.7 Å². The fourth-order valence-corrected chi connectivity index (χ4v) is 5.01. The van der Waals surface area contributed by atoms with Gasteiger partial charge in [0.05, 0.1) is 5.92 Å². The summed E-state index contributed by atoms with van der Waals surface area (Å²) in [5, 5.41) is 3.29. The van der Waals surface area contributed by atoms with E-state index in [1.165, 1.54) is 18.4 Å². The van der Waals surface area contributed by atoms with E-state index >= 15 is 0 Å². The fraction of sp³-hybridized carbons (Fsp3) is 0.739. The molecule has 1 aromatic heterocycles. The number of hydrogen-bond donors (Lipinski definition) is 1. The summed E-state index contributed by atoms with van der Waals surface area (Å²) in [6.45, 7) is 10.4. The molecule has 29 heavy (non-hydrogen) atoms. The predicted octanol–water partition coefficient (Wildman–Crippen LogP) is 2.21. The molecule has 6 nitrogen and oxygen atoms in total. The molecule has 2 saturated heterocycles. The highest BCUT2D eigenvalue weighted by Gasteiger charge is 2.33. The van der Waals surface area contributed by atoms with Crippen LogP contribution in [0.4, 0.5) is 0 Å². The molecule has 0 bridgehead atoms. The Morgan fingerprint density at radius 2 is 2.00 bits per heavy atom. The Morgan fingerprint density at radius 3 is 2.66 bits per heavy atom. The average molecular weight is 402 g/mol. The zero-order valence-electron chi connectivity index (χ0n) is 18.7. The second-order valence-electron chi connectivity index (χ2n) is 9.81. The van der Waals surface area contributed by atoms with E-state index in [0.29, 0.717) is 6.04 Å². The molecule has 1 N–H and O–H groups in total. The van der Waals surface area contributed by atoms with E-state index in [2.05, 4.69) is 59.0 Å². The molecule has 2 fully saturated rings. The van der Waals surface area contributed by atoms with Gasteiger partial charge in [-0.3, -0.25) is 19.6 Å². The van der Waals surface area contributed by atoms with Crippen molar-refractivity contribution in [1.29, 1.82) is 0 Å². The van der Waals surface area contributed by atoms with Gasteiger partial charge in [-0.2, -0.15) is 0 Å². The van der Waals surface area contributed by atoms with Crippen LogP contribution < -0.4 is 5.32 Å². The molecule has 3 rings (SSSR count). The van der Waals surface area contributed by atoms with Crippen molar-refractivity contribution in [1.82, 2.24) is 25.0 Å². The van der Waals surface area contributed by atoms with Crippen LogP contribution in [0, 0.1) is 5.92 Å². The van der Waals surface area contributed by atoms with E-state index in [1.807, 2.05) is 18.5 Å². The molecule has 1 unspecified atom stereocenters. The minimum absolute atomic E-state index is 0.124. The maximum atomic E-state index is 12.9. The first kappa shape index (κ1) is 22.2. The minimum atomic E-state index is -0.194. The number of likely N-dealkylation sites (N-methyl/N-ethyl adjacent to an activating group) is 1. The third kappa shape index (κ3) is 6.76. The van der Waals surface area contributed by atoms with Gasteiger partial charge in [-0.05, 0) is 84.9 Å². The van der Waals surface area contributed by atoms with Crippen LogP contribution in [0.25, 0.3) is 0 Å². The summed E-state index contributed by atoms with van der Waals surface area (Å²) in [5.41, 5.74) is 1.10. The lowest BCUT2D eigenvalue weighted by Gasteiger charge is -2.42. The number of nitrogens with zero attached hydrogens (tertiary/aromatic N) is 4. The largest absolute Gasteiger partial charge is 0.350 e. The highest BCUT2D eigenvalue weighted by Crippen LogP contribution is 2.25. The second-order valence-corrected chi connectivity index (χ2v) is 9.81. The predicted molar refractivity (Wildman–Crippen MR) is 118 cm³/mol. The number of amides is 1. The number of hydrogen-bond acceptors (Lipinski definition) is 5. The van der Waals surface area contributed by atoms with Gasteiger partial charge in [0.1, 0.15) is 0 Å². The second kappa shape index (κ2) is 10.0. The summed E-state index contributed by atoms with van der Waals surface area (Å²) in [6, 6.07) is 4.79. The number of pyridine rings is 1. The average Bonchev–Trinajstić information content (AvgIpc) is 2.68. The molecule has 1 aromatic rings. The van der Waals surface area contributed by atoms with Crippen molar-refractivity contribution in [3.8, 4) is 0 Å². The molecule has 162 valence electrons. The lowest BCUT2D eigenvalue weighted by Crippen LogP contribution is -2.55. The van der Waals surface area contributed by atoms with Gasteiger partial charge in [0, 0.05) is 43.6 Å². The summed E-state index contributed by atoms with van der Waals surface area (Å²) >= 11 is 0. The van der Waals surface area contributed by atoms with Gasteiger partial charge >= 0.3 is 0 Å². The van der Waals surface area contributed by atoms with Gasteiger partial charge in [-0.25, -0.2) is 0 Å². The van der Waals surface area contributed by atoms with Crippen molar-refractivity contribution in [2.45, 2.75) is 57.7 Å². The molecule has 2 aliphatic rings. The van der Waals surface area contributed by atoms with Gasteiger partial charge in [-0.1, -0.05) is 6.07 Å². The molecule has 3 heterocycles. The summed E-state index contributed by atoms with van der Waals surface area (Å²) in [4.78, 5) is 24.4. The van der Waals surface area contributed by atoms with E-state index in [1.54, 1.807) is 0 Å². The van der Waals surface area contributed by atoms with Crippen LogP contribution in [0.3, 0.4) is 0 Å². The Morgan fingerprint density at radius 1 is 1.24 bits per heavy atom. The Labute approximate surface area is 176 Å². The SMILES string of the molecule is CN(C)CC(C)(C)NC(=O)C1CCCN(C2CCN(Cc3cccnc3)CC2)C1. The van der Waals surface area contributed by atoms with Crippen molar-refractivity contribution in [2.75, 3.05) is 46.8 Å². The number of rotatable bonds is 7. The molecule has 0 radical (unpaired) electrons. The molecule has 1 atom stereocenters. The molecule has 0 saturated carbocycles. The first-order chi connectivity index (χ1) is 13.8. The quantitative estimate of drug-likeness (QED) is 0.759. The molecule has 2 aliphatic heterocycles. The Kier molecular flexibility index (Phi) is 7.66. The smallest absolute Gasteiger partial charge is 0.224 e. The van der Waals surface area contributed by atoms with Crippen molar-refractivity contribution in [3.63, 3.8) is 0 Å². The van der Waals surface area contributed by atoms with Crippen LogP contribution in [0.2, 0.25) is 0 Å². The molecule has 0 aromatic carbocycles. The van der Waals surface area contributed by atoms with E-state index in [4.69, 9.17) is 0 Å². The van der Waals surface area contributed by atoms with Crippen LogP contribution in [0.5, 0.6) is 0 Å². The number of piperidine rings is 2. The van der Waals surface area contributed by atoms with Gasteiger partial charge in [-0.15, -0.1) is 0 Å². The molecule has 6 heteroatoms. The molecule has 0 aliphatic carbocycles. The highest BCUT2D eigenvalue weighted by molar-refractivity contribution is 5.79. The summed E-state index contributed by atoms with van der Waals surface area (Å²) in [6.07, 6.45) is 8.34. The van der Waals surface area contributed by atoms with E-state index in [0.717, 1.165) is 52.1 Å². The van der Waals surface area contributed by atoms with Crippen molar-refractivity contribution < 1.29 is 4.79 Å². The lowest BCUT2D eigenvalue weighted by atomic mass is 9.92. The molecular formula is C23H39N5O. The normalized spacial score (nSPS) is 22.7. The Bertz CT molecular complexity index is 640. The number of aromatic nitrogens is 1. The summed E-state index contributed by atoms with van der Waals surface area (Å²) in [7, 11) is 4.11. The van der Waals surface area contributed by atoms with E-state index < -0.39 is 0 Å². The third-order valence-corrected chi connectivity index (χ3v) is 6.20. The van der Waals surface area contributed by atoms with Gasteiger partial charge < -0.3 is 10.2 Å². The lowest BCUT2D eigenvalue weighted by molar-refractivity contribution is -0.129. The number of likely N-dealkylation sites (tertiary alicyclic amines) is 2. The van der Waals surface area contributed by atoms with Crippen LogP contribution >= 0.6 is 0 Å². The van der Waals surface area contributed by atoms with Crippen LogP contribution in [0.15, 0.2) is 24.5 Å². The van der Waals surface area contributed by atoms with Gasteiger partial charge in [0.2, 0.25) is 5.91 Å². The first-order valence-corrected chi connectivity index (χ1v) is 11.1. The zero-order chi connectivity index (χ0) is 20.9. The number of carbonyl (C=O) groups is 1. The highest BCUT2D eigenvalue weighted by atomic mass is 16.2. The van der Waals surface area contributed by atoms with Crippen LogP contribution in [0.1, 0.15) is 45.1 Å². The number of carbonyl (C=O) groups excluding carboxylic acids is 1. The monoisotopic (exact) mass is 401 g/mol. The summed E-state index contributed by atoms with van der Waals surface area (Å²) in [5.74, 6) is 0.356.